The van der Waals surface area contributed by atoms with Crippen molar-refractivity contribution in [2.75, 3.05) is 31.6 Å². The van der Waals surface area contributed by atoms with Crippen LogP contribution in [0, 0.1) is 5.92 Å². The van der Waals surface area contributed by atoms with Gasteiger partial charge in [-0.3, -0.25) is 0 Å². The number of H-pyrrole nitrogens is 1. The Morgan fingerprint density at radius 2 is 2.32 bits per heavy atom. The predicted octanol–water partition coefficient (Wildman–Crippen LogP) is 1.52. The summed E-state index contributed by atoms with van der Waals surface area (Å²) in [5.41, 5.74) is 1.99. The second-order valence-corrected chi connectivity index (χ2v) is 5.03. The van der Waals surface area contributed by atoms with Crippen LogP contribution in [-0.2, 0) is 0 Å². The molecule has 1 unspecified atom stereocenters. The molecule has 0 spiro atoms. The topological polar surface area (TPSA) is 56.8 Å². The van der Waals surface area contributed by atoms with Crippen LogP contribution < -0.4 is 10.2 Å². The molecule has 2 N–H and O–H groups in total. The van der Waals surface area contributed by atoms with Crippen molar-refractivity contribution in [2.24, 2.45) is 5.92 Å². The Bertz CT molecular complexity index is 505. The van der Waals surface area contributed by atoms with Crippen LogP contribution in [0.2, 0.25) is 0 Å². The molecule has 100 valence electrons. The van der Waals surface area contributed by atoms with Crippen LogP contribution in [0.4, 0.5) is 5.82 Å². The number of aromatic nitrogens is 3. The number of nitrogens with zero attached hydrogens (tertiary/aromatic N) is 3. The maximum absolute atomic E-state index is 4.35. The summed E-state index contributed by atoms with van der Waals surface area (Å²) in [4.78, 5) is 5.35. The first-order valence-corrected chi connectivity index (χ1v) is 6.73. The summed E-state index contributed by atoms with van der Waals surface area (Å²) in [6.07, 6.45) is 5.05. The van der Waals surface area contributed by atoms with Gasteiger partial charge in [0.15, 0.2) is 5.82 Å². The molecule has 0 radical (unpaired) electrons. The first kappa shape index (κ1) is 12.2. The van der Waals surface area contributed by atoms with Gasteiger partial charge in [-0.15, -0.1) is 10.2 Å². The zero-order chi connectivity index (χ0) is 13.1. The van der Waals surface area contributed by atoms with E-state index in [-0.39, 0.29) is 0 Å². The molecule has 1 atom stereocenters. The number of nitrogens with one attached hydrogen (secondary N) is 2. The molecule has 2 aromatic rings. The SMILES string of the molecule is CNCC1CCN(c2ccc(-c3cc[nH]c3)nn2)C1. The molecular weight excluding hydrogens is 238 g/mol. The highest BCUT2D eigenvalue weighted by Crippen LogP contribution is 2.23. The summed E-state index contributed by atoms with van der Waals surface area (Å²) in [7, 11) is 2.01. The largest absolute Gasteiger partial charge is 0.367 e. The van der Waals surface area contributed by atoms with Gasteiger partial charge in [-0.2, -0.15) is 0 Å². The molecule has 0 bridgehead atoms. The Labute approximate surface area is 113 Å². The maximum atomic E-state index is 4.35. The molecule has 3 heterocycles. The molecular formula is C14H19N5. The third-order valence-corrected chi connectivity index (χ3v) is 3.65. The van der Waals surface area contributed by atoms with E-state index in [0.717, 1.165) is 42.6 Å². The Morgan fingerprint density at radius 1 is 1.37 bits per heavy atom. The minimum Gasteiger partial charge on any atom is -0.367 e. The number of aromatic amines is 1. The summed E-state index contributed by atoms with van der Waals surface area (Å²) in [5.74, 6) is 1.70. The molecule has 0 aliphatic carbocycles. The smallest absolute Gasteiger partial charge is 0.151 e. The third-order valence-electron chi connectivity index (χ3n) is 3.65. The molecule has 19 heavy (non-hydrogen) atoms. The number of rotatable bonds is 4. The van der Waals surface area contributed by atoms with Crippen molar-refractivity contribution >= 4 is 5.82 Å². The summed E-state index contributed by atoms with van der Waals surface area (Å²) < 4.78 is 0. The van der Waals surface area contributed by atoms with Crippen LogP contribution in [0.1, 0.15) is 6.42 Å². The van der Waals surface area contributed by atoms with E-state index in [0.29, 0.717) is 0 Å². The molecule has 1 aliphatic heterocycles. The Morgan fingerprint density at radius 3 is 3.00 bits per heavy atom. The van der Waals surface area contributed by atoms with E-state index in [9.17, 15) is 0 Å². The van der Waals surface area contributed by atoms with E-state index in [2.05, 4.69) is 31.5 Å². The molecule has 3 rings (SSSR count). The molecule has 5 nitrogen and oxygen atoms in total. The molecule has 0 saturated carbocycles. The van der Waals surface area contributed by atoms with Crippen molar-refractivity contribution < 1.29 is 0 Å². The lowest BCUT2D eigenvalue weighted by Crippen LogP contribution is -2.25. The van der Waals surface area contributed by atoms with Gasteiger partial charge in [0.1, 0.15) is 0 Å². The lowest BCUT2D eigenvalue weighted by Gasteiger charge is -2.16. The van der Waals surface area contributed by atoms with Gasteiger partial charge in [0.05, 0.1) is 5.69 Å². The molecule has 5 heteroatoms. The van der Waals surface area contributed by atoms with Gasteiger partial charge in [-0.1, -0.05) is 0 Å². The van der Waals surface area contributed by atoms with Crippen molar-refractivity contribution in [3.05, 3.63) is 30.6 Å². The maximum Gasteiger partial charge on any atom is 0.151 e. The van der Waals surface area contributed by atoms with Gasteiger partial charge in [0.25, 0.3) is 0 Å². The fourth-order valence-electron chi connectivity index (χ4n) is 2.63. The van der Waals surface area contributed by atoms with Gasteiger partial charge in [0.2, 0.25) is 0 Å². The summed E-state index contributed by atoms with van der Waals surface area (Å²) in [5, 5.41) is 11.9. The molecule has 1 fully saturated rings. The Kier molecular flexibility index (Phi) is 3.46. The lowest BCUT2D eigenvalue weighted by molar-refractivity contribution is 0.548. The minimum atomic E-state index is 0.719. The van der Waals surface area contributed by atoms with Gasteiger partial charge >= 0.3 is 0 Å². The van der Waals surface area contributed by atoms with E-state index in [4.69, 9.17) is 0 Å². The van der Waals surface area contributed by atoms with Crippen molar-refractivity contribution in [3.63, 3.8) is 0 Å². The number of hydrogen-bond donors (Lipinski definition) is 2. The Balaban J connectivity index is 1.70. The number of anilines is 1. The molecule has 0 aromatic carbocycles. The monoisotopic (exact) mass is 257 g/mol. The number of hydrogen-bond acceptors (Lipinski definition) is 4. The fraction of sp³-hybridized carbons (Fsp3) is 0.429. The van der Waals surface area contributed by atoms with Gasteiger partial charge < -0.3 is 15.2 Å². The third kappa shape index (κ3) is 2.61. The summed E-state index contributed by atoms with van der Waals surface area (Å²) >= 11 is 0. The van der Waals surface area contributed by atoms with Crippen LogP contribution in [0.3, 0.4) is 0 Å². The molecule has 0 amide bonds. The van der Waals surface area contributed by atoms with Crippen LogP contribution in [0.15, 0.2) is 30.6 Å². The lowest BCUT2D eigenvalue weighted by atomic mass is 10.1. The summed E-state index contributed by atoms with van der Waals surface area (Å²) in [6, 6.07) is 6.11. The highest BCUT2D eigenvalue weighted by Gasteiger charge is 2.23. The quantitative estimate of drug-likeness (QED) is 0.872. The fourth-order valence-corrected chi connectivity index (χ4v) is 2.63. The van der Waals surface area contributed by atoms with E-state index in [1.54, 1.807) is 0 Å². The van der Waals surface area contributed by atoms with Crippen LogP contribution in [0.5, 0.6) is 0 Å². The highest BCUT2D eigenvalue weighted by atomic mass is 15.3. The van der Waals surface area contributed by atoms with Gasteiger partial charge in [-0.25, -0.2) is 0 Å². The van der Waals surface area contributed by atoms with Crippen molar-refractivity contribution in [2.45, 2.75) is 6.42 Å². The average Bonchev–Trinajstić information content (AvgIpc) is 3.10. The van der Waals surface area contributed by atoms with E-state index >= 15 is 0 Å². The van der Waals surface area contributed by atoms with E-state index in [1.807, 2.05) is 31.6 Å². The van der Waals surface area contributed by atoms with Crippen LogP contribution in [0.25, 0.3) is 11.3 Å². The average molecular weight is 257 g/mol. The van der Waals surface area contributed by atoms with Gasteiger partial charge in [0, 0.05) is 31.0 Å². The van der Waals surface area contributed by atoms with Gasteiger partial charge in [-0.05, 0) is 44.1 Å². The van der Waals surface area contributed by atoms with Crippen LogP contribution in [-0.4, -0.2) is 41.9 Å². The van der Waals surface area contributed by atoms with E-state index < -0.39 is 0 Å². The summed E-state index contributed by atoms with van der Waals surface area (Å²) in [6.45, 7) is 3.22. The zero-order valence-corrected chi connectivity index (χ0v) is 11.1. The normalized spacial score (nSPS) is 19.0. The highest BCUT2D eigenvalue weighted by molar-refractivity contribution is 5.58. The first-order valence-electron chi connectivity index (χ1n) is 6.73. The zero-order valence-electron chi connectivity index (χ0n) is 11.1. The van der Waals surface area contributed by atoms with E-state index in [1.165, 1.54) is 6.42 Å². The van der Waals surface area contributed by atoms with Crippen LogP contribution >= 0.6 is 0 Å². The molecule has 2 aromatic heterocycles. The minimum absolute atomic E-state index is 0.719. The second-order valence-electron chi connectivity index (χ2n) is 5.03. The van der Waals surface area contributed by atoms with Crippen molar-refractivity contribution in [3.8, 4) is 11.3 Å². The van der Waals surface area contributed by atoms with Crippen molar-refractivity contribution in [1.82, 2.24) is 20.5 Å². The van der Waals surface area contributed by atoms with Crippen molar-refractivity contribution in [1.29, 1.82) is 0 Å². The Hall–Kier alpha value is -1.88. The molecule has 1 saturated heterocycles. The molecule has 1 aliphatic rings. The first-order chi connectivity index (χ1) is 9.36. The standard InChI is InChI=1S/C14H19N5/c1-15-8-11-5-7-19(10-11)14-3-2-13(17-18-14)12-4-6-16-9-12/h2-4,6,9,11,15-16H,5,7-8,10H2,1H3. The predicted molar refractivity (Wildman–Crippen MR) is 76.1 cm³/mol. The second kappa shape index (κ2) is 5.40.